The smallest absolute Gasteiger partial charge is 0.288 e. The van der Waals surface area contributed by atoms with E-state index in [4.69, 9.17) is 16.3 Å². The normalized spacial score (nSPS) is 22.2. The lowest BCUT2D eigenvalue weighted by Gasteiger charge is -2.23. The van der Waals surface area contributed by atoms with Gasteiger partial charge in [-0.2, -0.15) is 0 Å². The van der Waals surface area contributed by atoms with Crippen LogP contribution in [0.3, 0.4) is 0 Å². The Labute approximate surface area is 114 Å². The van der Waals surface area contributed by atoms with Crippen molar-refractivity contribution in [3.8, 4) is 0 Å². The first-order chi connectivity index (χ1) is 8.91. The first-order valence-electron chi connectivity index (χ1n) is 5.75. The number of carbonyl (C=O) groups excluding carboxylic acids is 1. The first kappa shape index (κ1) is 13.8. The molecule has 1 N–H and O–H groups in total. The highest BCUT2D eigenvalue weighted by Crippen LogP contribution is 2.25. The van der Waals surface area contributed by atoms with Gasteiger partial charge in [0.1, 0.15) is 5.02 Å². The number of rotatable bonds is 3. The Balaban J connectivity index is 2.19. The summed E-state index contributed by atoms with van der Waals surface area (Å²) < 4.78 is 5.23. The van der Waals surface area contributed by atoms with Crippen molar-refractivity contribution in [2.75, 3.05) is 13.2 Å². The van der Waals surface area contributed by atoms with Crippen LogP contribution in [0.2, 0.25) is 5.02 Å². The molecule has 19 heavy (non-hydrogen) atoms. The van der Waals surface area contributed by atoms with Crippen LogP contribution < -0.4 is 5.32 Å². The Morgan fingerprint density at radius 1 is 1.58 bits per heavy atom. The predicted octanol–water partition coefficient (Wildman–Crippen LogP) is 2.16. The van der Waals surface area contributed by atoms with Gasteiger partial charge < -0.3 is 10.1 Å². The molecule has 1 atom stereocenters. The molecule has 102 valence electrons. The highest BCUT2D eigenvalue weighted by molar-refractivity contribution is 6.32. The molecular weight excluding hydrogens is 272 g/mol. The molecule has 0 bridgehead atoms. The topological polar surface area (TPSA) is 81.5 Å². The van der Waals surface area contributed by atoms with Crippen LogP contribution in [0.4, 0.5) is 5.69 Å². The number of nitro groups is 1. The van der Waals surface area contributed by atoms with E-state index in [1.54, 1.807) is 0 Å². The van der Waals surface area contributed by atoms with Gasteiger partial charge in [-0.25, -0.2) is 0 Å². The lowest BCUT2D eigenvalue weighted by molar-refractivity contribution is -0.384. The number of hydrogen-bond donors (Lipinski definition) is 1. The summed E-state index contributed by atoms with van der Waals surface area (Å²) in [5.41, 5.74) is -0.489. The van der Waals surface area contributed by atoms with Crippen LogP contribution in [0, 0.1) is 10.1 Å². The number of nitrogens with zero attached hydrogens (tertiary/aromatic N) is 1. The molecule has 1 heterocycles. The number of benzene rings is 1. The highest BCUT2D eigenvalue weighted by atomic mass is 35.5. The van der Waals surface area contributed by atoms with E-state index < -0.39 is 10.5 Å². The molecule has 1 fully saturated rings. The average molecular weight is 285 g/mol. The van der Waals surface area contributed by atoms with Gasteiger partial charge in [0.25, 0.3) is 11.6 Å². The molecule has 0 radical (unpaired) electrons. The summed E-state index contributed by atoms with van der Waals surface area (Å²) in [6.07, 6.45) is 0.717. The molecule has 1 saturated heterocycles. The van der Waals surface area contributed by atoms with E-state index in [1.165, 1.54) is 18.2 Å². The van der Waals surface area contributed by atoms with Crippen LogP contribution >= 0.6 is 11.6 Å². The highest BCUT2D eigenvalue weighted by Gasteiger charge is 2.31. The van der Waals surface area contributed by atoms with Crippen molar-refractivity contribution in [3.05, 3.63) is 38.9 Å². The van der Waals surface area contributed by atoms with Gasteiger partial charge in [0.05, 0.1) is 17.1 Å². The number of halogens is 1. The van der Waals surface area contributed by atoms with Crippen molar-refractivity contribution in [3.63, 3.8) is 0 Å². The van der Waals surface area contributed by atoms with Crippen molar-refractivity contribution in [2.45, 2.75) is 18.9 Å². The Kier molecular flexibility index (Phi) is 3.73. The fourth-order valence-corrected chi connectivity index (χ4v) is 2.09. The Morgan fingerprint density at radius 2 is 2.32 bits per heavy atom. The average Bonchev–Trinajstić information content (AvgIpc) is 2.75. The third kappa shape index (κ3) is 3.02. The number of nitro benzene ring substituents is 1. The number of carbonyl (C=O) groups is 1. The summed E-state index contributed by atoms with van der Waals surface area (Å²) in [6, 6.07) is 3.99. The number of amides is 1. The maximum absolute atomic E-state index is 12.1. The summed E-state index contributed by atoms with van der Waals surface area (Å²) in [5, 5.41) is 13.6. The number of ether oxygens (including phenoxy) is 1. The molecule has 6 nitrogen and oxygen atoms in total. The van der Waals surface area contributed by atoms with E-state index in [-0.39, 0.29) is 22.2 Å². The van der Waals surface area contributed by atoms with E-state index in [0.29, 0.717) is 19.6 Å². The van der Waals surface area contributed by atoms with Gasteiger partial charge in [0.2, 0.25) is 0 Å². The van der Waals surface area contributed by atoms with Crippen LogP contribution in [-0.4, -0.2) is 29.6 Å². The van der Waals surface area contributed by atoms with E-state index in [0.717, 1.165) is 0 Å². The van der Waals surface area contributed by atoms with Crippen molar-refractivity contribution >= 4 is 23.2 Å². The molecule has 0 saturated carbocycles. The second-order valence-electron chi connectivity index (χ2n) is 4.74. The Bertz CT molecular complexity index is 526. The molecule has 1 unspecified atom stereocenters. The third-order valence-corrected chi connectivity index (χ3v) is 3.36. The monoisotopic (exact) mass is 284 g/mol. The van der Waals surface area contributed by atoms with Crippen molar-refractivity contribution in [2.24, 2.45) is 0 Å². The molecular formula is C12H13ClN2O4. The molecule has 1 amide bonds. The molecule has 1 aromatic rings. The van der Waals surface area contributed by atoms with Crippen molar-refractivity contribution in [1.29, 1.82) is 0 Å². The molecule has 0 spiro atoms. The molecule has 7 heteroatoms. The fourth-order valence-electron chi connectivity index (χ4n) is 1.91. The maximum Gasteiger partial charge on any atom is 0.288 e. The largest absolute Gasteiger partial charge is 0.379 e. The summed E-state index contributed by atoms with van der Waals surface area (Å²) in [5.74, 6) is -0.368. The molecule has 1 aliphatic heterocycles. The van der Waals surface area contributed by atoms with Gasteiger partial charge in [-0.3, -0.25) is 14.9 Å². The van der Waals surface area contributed by atoms with Gasteiger partial charge in [0, 0.05) is 18.2 Å². The van der Waals surface area contributed by atoms with Crippen LogP contribution in [-0.2, 0) is 4.74 Å². The zero-order chi connectivity index (χ0) is 14.0. The summed E-state index contributed by atoms with van der Waals surface area (Å²) in [7, 11) is 0. The van der Waals surface area contributed by atoms with Crippen LogP contribution in [0.5, 0.6) is 0 Å². The lowest BCUT2D eigenvalue weighted by Crippen LogP contribution is -2.46. The summed E-state index contributed by atoms with van der Waals surface area (Å²) in [6.45, 7) is 2.91. The minimum absolute atomic E-state index is 0.0111. The molecule has 1 aliphatic rings. The van der Waals surface area contributed by atoms with Gasteiger partial charge in [-0.1, -0.05) is 11.6 Å². The lowest BCUT2D eigenvalue weighted by atomic mass is 10.0. The second kappa shape index (κ2) is 5.14. The standard InChI is InChI=1S/C12H13ClN2O4/c1-12(4-5-19-7-12)14-11(16)8-2-3-9(13)10(6-8)15(17)18/h2-3,6H,4-5,7H2,1H3,(H,14,16). The maximum atomic E-state index is 12.1. The number of nitrogens with one attached hydrogen (secondary N) is 1. The SMILES string of the molecule is CC1(NC(=O)c2ccc(Cl)c([N+](=O)[O-])c2)CCOC1. The van der Waals surface area contributed by atoms with Crippen LogP contribution in [0.15, 0.2) is 18.2 Å². The van der Waals surface area contributed by atoms with E-state index in [2.05, 4.69) is 5.32 Å². The van der Waals surface area contributed by atoms with Gasteiger partial charge in [-0.05, 0) is 25.5 Å². The molecule has 2 rings (SSSR count). The zero-order valence-corrected chi connectivity index (χ0v) is 11.1. The molecule has 0 aliphatic carbocycles. The third-order valence-electron chi connectivity index (χ3n) is 3.04. The minimum Gasteiger partial charge on any atom is -0.379 e. The molecule has 0 aromatic heterocycles. The quantitative estimate of drug-likeness (QED) is 0.681. The second-order valence-corrected chi connectivity index (χ2v) is 5.15. The van der Waals surface area contributed by atoms with Gasteiger partial charge >= 0.3 is 0 Å². The summed E-state index contributed by atoms with van der Waals surface area (Å²) in [4.78, 5) is 22.2. The Morgan fingerprint density at radius 3 is 2.89 bits per heavy atom. The van der Waals surface area contributed by atoms with Gasteiger partial charge in [-0.15, -0.1) is 0 Å². The number of hydrogen-bond acceptors (Lipinski definition) is 4. The van der Waals surface area contributed by atoms with Crippen molar-refractivity contribution < 1.29 is 14.5 Å². The predicted molar refractivity (Wildman–Crippen MR) is 69.4 cm³/mol. The van der Waals surface area contributed by atoms with Crippen LogP contribution in [0.1, 0.15) is 23.7 Å². The summed E-state index contributed by atoms with van der Waals surface area (Å²) >= 11 is 5.70. The first-order valence-corrected chi connectivity index (χ1v) is 6.13. The van der Waals surface area contributed by atoms with Crippen molar-refractivity contribution in [1.82, 2.24) is 5.32 Å². The van der Waals surface area contributed by atoms with Crippen LogP contribution in [0.25, 0.3) is 0 Å². The van der Waals surface area contributed by atoms with E-state index in [1.807, 2.05) is 6.92 Å². The Hall–Kier alpha value is -1.66. The van der Waals surface area contributed by atoms with E-state index in [9.17, 15) is 14.9 Å². The minimum atomic E-state index is -0.612. The fraction of sp³-hybridized carbons (Fsp3) is 0.417. The zero-order valence-electron chi connectivity index (χ0n) is 10.3. The van der Waals surface area contributed by atoms with Gasteiger partial charge in [0.15, 0.2) is 0 Å². The molecule has 1 aromatic carbocycles. The van der Waals surface area contributed by atoms with E-state index >= 15 is 0 Å².